The van der Waals surface area contributed by atoms with Crippen LogP contribution in [0.15, 0.2) is 6.07 Å². The Kier molecular flexibility index (Phi) is 6.67. The van der Waals surface area contributed by atoms with Crippen molar-refractivity contribution in [3.8, 4) is 0 Å². The second kappa shape index (κ2) is 8.01. The van der Waals surface area contributed by atoms with E-state index in [2.05, 4.69) is 53.3 Å². The van der Waals surface area contributed by atoms with Crippen molar-refractivity contribution in [2.75, 3.05) is 23.8 Å². The summed E-state index contributed by atoms with van der Waals surface area (Å²) < 4.78 is 0. The predicted molar refractivity (Wildman–Crippen MR) is 84.7 cm³/mol. The molecule has 0 spiro atoms. The van der Waals surface area contributed by atoms with Gasteiger partial charge in [0.25, 0.3) is 0 Å². The first-order valence-corrected chi connectivity index (χ1v) is 7.32. The van der Waals surface area contributed by atoms with Gasteiger partial charge in [-0.25, -0.2) is 15.8 Å². The van der Waals surface area contributed by atoms with Crippen molar-refractivity contribution in [2.45, 2.75) is 53.1 Å². The molecule has 0 saturated carbocycles. The van der Waals surface area contributed by atoms with E-state index in [9.17, 15) is 0 Å². The lowest BCUT2D eigenvalue weighted by Crippen LogP contribution is -2.40. The Balaban J connectivity index is 2.61. The lowest BCUT2D eigenvalue weighted by atomic mass is 10.2. The molecule has 0 radical (unpaired) electrons. The molecule has 1 aromatic rings. The van der Waals surface area contributed by atoms with Gasteiger partial charge in [-0.3, -0.25) is 4.90 Å². The van der Waals surface area contributed by atoms with E-state index in [1.54, 1.807) is 0 Å². The summed E-state index contributed by atoms with van der Waals surface area (Å²) in [6.07, 6.45) is 0.786. The van der Waals surface area contributed by atoms with Gasteiger partial charge in [0, 0.05) is 37.7 Å². The fraction of sp³-hybridized carbons (Fsp3) is 0.714. The van der Waals surface area contributed by atoms with E-state index >= 15 is 0 Å². The summed E-state index contributed by atoms with van der Waals surface area (Å²) in [4.78, 5) is 11.2. The van der Waals surface area contributed by atoms with Crippen LogP contribution in [0.1, 0.15) is 40.4 Å². The molecule has 0 bridgehead atoms. The number of hydrogen-bond acceptors (Lipinski definition) is 6. The summed E-state index contributed by atoms with van der Waals surface area (Å²) >= 11 is 0. The van der Waals surface area contributed by atoms with Crippen LogP contribution in [0.4, 0.5) is 11.6 Å². The summed E-state index contributed by atoms with van der Waals surface area (Å²) in [5.74, 6) is 7.67. The van der Waals surface area contributed by atoms with Crippen molar-refractivity contribution in [3.05, 3.63) is 11.9 Å². The maximum Gasteiger partial charge on any atom is 0.145 e. The zero-order valence-corrected chi connectivity index (χ0v) is 13.3. The molecule has 4 N–H and O–H groups in total. The molecule has 1 aromatic heterocycles. The smallest absolute Gasteiger partial charge is 0.145 e. The molecular weight excluding hydrogens is 252 g/mol. The molecule has 0 saturated heterocycles. The lowest BCUT2D eigenvalue weighted by molar-refractivity contribution is 0.182. The third kappa shape index (κ3) is 4.94. The monoisotopic (exact) mass is 280 g/mol. The molecule has 0 aliphatic carbocycles. The van der Waals surface area contributed by atoms with Gasteiger partial charge in [0.1, 0.15) is 17.5 Å². The third-order valence-electron chi connectivity index (χ3n) is 3.24. The topological polar surface area (TPSA) is 79.1 Å². The van der Waals surface area contributed by atoms with E-state index in [4.69, 9.17) is 5.84 Å². The van der Waals surface area contributed by atoms with Gasteiger partial charge in [-0.15, -0.1) is 0 Å². The van der Waals surface area contributed by atoms with E-state index in [0.29, 0.717) is 17.9 Å². The minimum Gasteiger partial charge on any atom is -0.369 e. The highest BCUT2D eigenvalue weighted by Crippen LogP contribution is 2.11. The number of hydrazine groups is 1. The van der Waals surface area contributed by atoms with Crippen LogP contribution in [-0.2, 0) is 6.42 Å². The molecule has 1 rings (SSSR count). The Labute approximate surface area is 122 Å². The number of hydrogen-bond donors (Lipinski definition) is 3. The number of nitrogens with two attached hydrogens (primary N) is 1. The summed E-state index contributed by atoms with van der Waals surface area (Å²) in [5, 5.41) is 3.35. The molecule has 1 heterocycles. The van der Waals surface area contributed by atoms with Crippen LogP contribution in [0, 0.1) is 0 Å². The highest BCUT2D eigenvalue weighted by Gasteiger charge is 2.12. The minimum absolute atomic E-state index is 0.537. The van der Waals surface area contributed by atoms with Crippen LogP contribution in [-0.4, -0.2) is 40.0 Å². The van der Waals surface area contributed by atoms with Gasteiger partial charge in [-0.1, -0.05) is 6.92 Å². The summed E-state index contributed by atoms with van der Waals surface area (Å²) in [5.41, 5.74) is 2.58. The molecule has 114 valence electrons. The first-order valence-electron chi connectivity index (χ1n) is 7.32. The Hall–Kier alpha value is -1.40. The third-order valence-corrected chi connectivity index (χ3v) is 3.24. The van der Waals surface area contributed by atoms with Gasteiger partial charge in [0.2, 0.25) is 0 Å². The molecule has 0 fully saturated rings. The number of nitrogens with one attached hydrogen (secondary N) is 2. The zero-order valence-electron chi connectivity index (χ0n) is 13.3. The van der Waals surface area contributed by atoms with E-state index in [-0.39, 0.29) is 0 Å². The van der Waals surface area contributed by atoms with Crippen molar-refractivity contribution in [2.24, 2.45) is 5.84 Å². The number of nitrogens with zero attached hydrogens (tertiary/aromatic N) is 3. The molecule has 0 atom stereocenters. The molecular formula is C14H28N6. The molecule has 6 heteroatoms. The number of anilines is 2. The normalized spacial score (nSPS) is 11.4. The van der Waals surface area contributed by atoms with Crippen LogP contribution < -0.4 is 16.6 Å². The maximum absolute atomic E-state index is 5.42. The van der Waals surface area contributed by atoms with Crippen molar-refractivity contribution < 1.29 is 0 Å². The highest BCUT2D eigenvalue weighted by molar-refractivity contribution is 5.46. The molecule has 20 heavy (non-hydrogen) atoms. The Bertz CT molecular complexity index is 374. The fourth-order valence-corrected chi connectivity index (χ4v) is 2.25. The number of rotatable bonds is 8. The Morgan fingerprint density at radius 3 is 2.25 bits per heavy atom. The average Bonchev–Trinajstić information content (AvgIpc) is 2.42. The predicted octanol–water partition coefficient (Wildman–Crippen LogP) is 1.86. The lowest BCUT2D eigenvalue weighted by Gasteiger charge is -2.30. The fourth-order valence-electron chi connectivity index (χ4n) is 2.25. The largest absolute Gasteiger partial charge is 0.369 e. The minimum atomic E-state index is 0.537. The Morgan fingerprint density at radius 1 is 1.15 bits per heavy atom. The van der Waals surface area contributed by atoms with Crippen LogP contribution in [0.5, 0.6) is 0 Å². The number of aromatic nitrogens is 2. The molecule has 0 aliphatic heterocycles. The first kappa shape index (κ1) is 16.7. The highest BCUT2D eigenvalue weighted by atomic mass is 15.3. The van der Waals surface area contributed by atoms with Gasteiger partial charge in [0.15, 0.2) is 0 Å². The second-order valence-electron chi connectivity index (χ2n) is 5.40. The van der Waals surface area contributed by atoms with Crippen molar-refractivity contribution in [3.63, 3.8) is 0 Å². The number of aryl methyl sites for hydroxylation is 1. The maximum atomic E-state index is 5.42. The van der Waals surface area contributed by atoms with Gasteiger partial charge in [-0.05, 0) is 27.7 Å². The van der Waals surface area contributed by atoms with Gasteiger partial charge in [-0.2, -0.15) is 0 Å². The molecule has 0 aromatic carbocycles. The molecule has 6 nitrogen and oxygen atoms in total. The van der Waals surface area contributed by atoms with Gasteiger partial charge < -0.3 is 10.7 Å². The quantitative estimate of drug-likeness (QED) is 0.498. The van der Waals surface area contributed by atoms with Crippen molar-refractivity contribution in [1.82, 2.24) is 14.9 Å². The number of nitrogen functional groups attached to an aromatic ring is 1. The van der Waals surface area contributed by atoms with Crippen molar-refractivity contribution in [1.29, 1.82) is 0 Å². The zero-order chi connectivity index (χ0) is 15.1. The summed E-state index contributed by atoms with van der Waals surface area (Å²) in [7, 11) is 0. The first-order chi connectivity index (χ1) is 9.47. The molecule has 0 aliphatic rings. The second-order valence-corrected chi connectivity index (χ2v) is 5.40. The summed E-state index contributed by atoms with van der Waals surface area (Å²) in [6, 6.07) is 2.90. The standard InChI is InChI=1S/C14H28N6/c1-6-12-17-13(9-14(18-12)19-15)16-7-8-20(10(2)3)11(4)5/h9-11H,6-8,15H2,1-5H3,(H2,16,17,18,19). The SMILES string of the molecule is CCc1nc(NN)cc(NCCN(C(C)C)C(C)C)n1. The van der Waals surface area contributed by atoms with Crippen LogP contribution in [0.2, 0.25) is 0 Å². The van der Waals surface area contributed by atoms with Crippen molar-refractivity contribution >= 4 is 11.6 Å². The van der Waals surface area contributed by atoms with E-state index < -0.39 is 0 Å². The van der Waals surface area contributed by atoms with Crippen LogP contribution in [0.3, 0.4) is 0 Å². The van der Waals surface area contributed by atoms with E-state index in [1.807, 2.05) is 13.0 Å². The molecule has 0 unspecified atom stereocenters. The van der Waals surface area contributed by atoms with Crippen LogP contribution in [0.25, 0.3) is 0 Å². The average molecular weight is 280 g/mol. The van der Waals surface area contributed by atoms with E-state index in [1.165, 1.54) is 0 Å². The summed E-state index contributed by atoms with van der Waals surface area (Å²) in [6.45, 7) is 12.7. The Morgan fingerprint density at radius 2 is 1.75 bits per heavy atom. The van der Waals surface area contributed by atoms with Gasteiger partial charge in [0.05, 0.1) is 0 Å². The van der Waals surface area contributed by atoms with Gasteiger partial charge >= 0.3 is 0 Å². The van der Waals surface area contributed by atoms with Crippen LogP contribution >= 0.6 is 0 Å². The molecule has 0 amide bonds. The van der Waals surface area contributed by atoms with E-state index in [0.717, 1.165) is 31.2 Å².